The maximum absolute atomic E-state index is 12.3. The molecule has 5 nitrogen and oxygen atoms in total. The monoisotopic (exact) mass is 307 g/mol. The highest BCUT2D eigenvalue weighted by Gasteiger charge is 2.09. The number of benzene rings is 2. The number of anilines is 1. The van der Waals surface area contributed by atoms with Gasteiger partial charge in [-0.1, -0.05) is 35.9 Å². The van der Waals surface area contributed by atoms with Gasteiger partial charge in [-0.2, -0.15) is 5.26 Å². The third-order valence-electron chi connectivity index (χ3n) is 3.29. The zero-order valence-corrected chi connectivity index (χ0v) is 12.8. The molecule has 0 aliphatic heterocycles. The molecule has 0 spiro atoms. The fraction of sp³-hybridized carbons (Fsp3) is 0.167. The zero-order chi connectivity index (χ0) is 16.7. The second-order valence-electron chi connectivity index (χ2n) is 5.09. The summed E-state index contributed by atoms with van der Waals surface area (Å²) < 4.78 is 0. The maximum atomic E-state index is 12.3. The molecule has 0 atom stereocenters. The first-order valence-electron chi connectivity index (χ1n) is 7.19. The molecule has 0 bridgehead atoms. The highest BCUT2D eigenvalue weighted by atomic mass is 16.2. The van der Waals surface area contributed by atoms with Crippen molar-refractivity contribution in [2.24, 2.45) is 0 Å². The lowest BCUT2D eigenvalue weighted by molar-refractivity contribution is -0.120. The van der Waals surface area contributed by atoms with Crippen LogP contribution in [0.2, 0.25) is 0 Å². The average molecular weight is 307 g/mol. The van der Waals surface area contributed by atoms with Crippen LogP contribution in [0.3, 0.4) is 0 Å². The van der Waals surface area contributed by atoms with Gasteiger partial charge in [-0.3, -0.25) is 9.59 Å². The van der Waals surface area contributed by atoms with Crippen molar-refractivity contribution < 1.29 is 9.59 Å². The van der Waals surface area contributed by atoms with Crippen molar-refractivity contribution in [3.8, 4) is 6.07 Å². The van der Waals surface area contributed by atoms with Gasteiger partial charge in [-0.05, 0) is 30.7 Å². The Kier molecular flexibility index (Phi) is 5.48. The molecule has 23 heavy (non-hydrogen) atoms. The van der Waals surface area contributed by atoms with E-state index >= 15 is 0 Å². The molecule has 116 valence electrons. The molecular formula is C18H17N3O2. The summed E-state index contributed by atoms with van der Waals surface area (Å²) in [5, 5.41) is 14.0. The summed E-state index contributed by atoms with van der Waals surface area (Å²) in [6.45, 7) is 2.21. The number of nitriles is 1. The molecule has 0 unspecified atom stereocenters. The molecule has 0 aliphatic rings. The standard InChI is InChI=1S/C18H17N3O2/c1-13-6-8-14(9-7-13)18(23)21-16-5-3-2-4-15(16)12-20-17(22)10-11-19/h2-9H,10,12H2,1H3,(H,20,22)(H,21,23). The lowest BCUT2D eigenvalue weighted by Gasteiger charge is -2.11. The van der Waals surface area contributed by atoms with Crippen LogP contribution in [0, 0.1) is 18.3 Å². The van der Waals surface area contributed by atoms with Crippen molar-refractivity contribution in [2.75, 3.05) is 5.32 Å². The van der Waals surface area contributed by atoms with Gasteiger partial charge < -0.3 is 10.6 Å². The zero-order valence-electron chi connectivity index (χ0n) is 12.8. The molecule has 0 saturated carbocycles. The van der Waals surface area contributed by atoms with Gasteiger partial charge in [0.05, 0.1) is 6.07 Å². The molecular weight excluding hydrogens is 290 g/mol. The Bertz CT molecular complexity index is 746. The topological polar surface area (TPSA) is 82.0 Å². The summed E-state index contributed by atoms with van der Waals surface area (Å²) in [4.78, 5) is 23.7. The second kappa shape index (κ2) is 7.76. The number of nitrogens with zero attached hydrogens (tertiary/aromatic N) is 1. The Morgan fingerprint density at radius 3 is 2.48 bits per heavy atom. The predicted octanol–water partition coefficient (Wildman–Crippen LogP) is 2.78. The smallest absolute Gasteiger partial charge is 0.255 e. The van der Waals surface area contributed by atoms with Gasteiger partial charge in [0.25, 0.3) is 5.91 Å². The minimum absolute atomic E-state index is 0.183. The number of hydrogen-bond acceptors (Lipinski definition) is 3. The van der Waals surface area contributed by atoms with E-state index < -0.39 is 0 Å². The Hall–Kier alpha value is -3.13. The van der Waals surface area contributed by atoms with Gasteiger partial charge in [0.1, 0.15) is 6.42 Å². The Morgan fingerprint density at radius 2 is 1.78 bits per heavy atom. The van der Waals surface area contributed by atoms with E-state index in [0.29, 0.717) is 11.3 Å². The van der Waals surface area contributed by atoms with Crippen molar-refractivity contribution in [1.82, 2.24) is 5.32 Å². The van der Waals surface area contributed by atoms with E-state index in [9.17, 15) is 9.59 Å². The van der Waals surface area contributed by atoms with E-state index in [0.717, 1.165) is 11.1 Å². The third kappa shape index (κ3) is 4.68. The summed E-state index contributed by atoms with van der Waals surface area (Å²) in [5.74, 6) is -0.548. The third-order valence-corrected chi connectivity index (χ3v) is 3.29. The van der Waals surface area contributed by atoms with Gasteiger partial charge in [-0.15, -0.1) is 0 Å². The van der Waals surface area contributed by atoms with Crippen molar-refractivity contribution in [3.05, 3.63) is 65.2 Å². The molecule has 5 heteroatoms. The van der Waals surface area contributed by atoms with E-state index in [4.69, 9.17) is 5.26 Å². The van der Waals surface area contributed by atoms with Crippen molar-refractivity contribution in [1.29, 1.82) is 5.26 Å². The first-order chi connectivity index (χ1) is 11.1. The van der Waals surface area contributed by atoms with Crippen LogP contribution in [-0.2, 0) is 11.3 Å². The molecule has 2 amide bonds. The molecule has 0 aromatic heterocycles. The van der Waals surface area contributed by atoms with Crippen LogP contribution in [0.25, 0.3) is 0 Å². The molecule has 0 radical (unpaired) electrons. The van der Waals surface area contributed by atoms with Crippen LogP contribution in [0.5, 0.6) is 0 Å². The van der Waals surface area contributed by atoms with Crippen LogP contribution in [0.1, 0.15) is 27.9 Å². The second-order valence-corrected chi connectivity index (χ2v) is 5.09. The number of carbonyl (C=O) groups is 2. The number of para-hydroxylation sites is 1. The summed E-state index contributed by atoms with van der Waals surface area (Å²) in [6.07, 6.45) is -0.183. The molecule has 2 aromatic rings. The molecule has 0 heterocycles. The van der Waals surface area contributed by atoms with Crippen molar-refractivity contribution in [3.63, 3.8) is 0 Å². The lowest BCUT2D eigenvalue weighted by atomic mass is 10.1. The summed E-state index contributed by atoms with van der Waals surface area (Å²) in [5.41, 5.74) is 3.07. The van der Waals surface area contributed by atoms with E-state index in [2.05, 4.69) is 10.6 Å². The number of carbonyl (C=O) groups excluding carboxylic acids is 2. The highest BCUT2D eigenvalue weighted by Crippen LogP contribution is 2.16. The molecule has 2 aromatic carbocycles. The van der Waals surface area contributed by atoms with Crippen molar-refractivity contribution in [2.45, 2.75) is 19.9 Å². The van der Waals surface area contributed by atoms with Gasteiger partial charge in [0, 0.05) is 17.8 Å². The number of aryl methyl sites for hydroxylation is 1. The van der Waals surface area contributed by atoms with Gasteiger partial charge in [0.2, 0.25) is 5.91 Å². The molecule has 0 aliphatic carbocycles. The van der Waals surface area contributed by atoms with Crippen LogP contribution >= 0.6 is 0 Å². The summed E-state index contributed by atoms with van der Waals surface area (Å²) in [6, 6.07) is 16.3. The average Bonchev–Trinajstić information content (AvgIpc) is 2.55. The number of hydrogen-bond donors (Lipinski definition) is 2. The highest BCUT2D eigenvalue weighted by molar-refractivity contribution is 6.04. The Morgan fingerprint density at radius 1 is 1.09 bits per heavy atom. The summed E-state index contributed by atoms with van der Waals surface area (Å²) in [7, 11) is 0. The Labute approximate surface area is 134 Å². The number of rotatable bonds is 5. The molecule has 0 saturated heterocycles. The quantitative estimate of drug-likeness (QED) is 0.891. The van der Waals surface area contributed by atoms with Crippen LogP contribution in [0.15, 0.2) is 48.5 Å². The van der Waals surface area contributed by atoms with Crippen LogP contribution < -0.4 is 10.6 Å². The van der Waals surface area contributed by atoms with E-state index in [1.807, 2.05) is 37.3 Å². The van der Waals surface area contributed by atoms with E-state index in [1.165, 1.54) is 0 Å². The SMILES string of the molecule is Cc1ccc(C(=O)Nc2ccccc2CNC(=O)CC#N)cc1. The molecule has 2 rings (SSSR count). The first kappa shape index (κ1) is 16.2. The number of nitrogens with one attached hydrogen (secondary N) is 2. The Balaban J connectivity index is 2.08. The van der Waals surface area contributed by atoms with Crippen LogP contribution in [-0.4, -0.2) is 11.8 Å². The number of amides is 2. The normalized spacial score (nSPS) is 9.74. The lowest BCUT2D eigenvalue weighted by Crippen LogP contribution is -2.23. The molecule has 0 fully saturated rings. The minimum atomic E-state index is -0.341. The van der Waals surface area contributed by atoms with Gasteiger partial charge >= 0.3 is 0 Å². The molecule has 2 N–H and O–H groups in total. The largest absolute Gasteiger partial charge is 0.351 e. The van der Waals surface area contributed by atoms with E-state index in [-0.39, 0.29) is 24.8 Å². The van der Waals surface area contributed by atoms with Gasteiger partial charge in [0.15, 0.2) is 0 Å². The van der Waals surface area contributed by atoms with Crippen LogP contribution in [0.4, 0.5) is 5.69 Å². The summed E-state index contributed by atoms with van der Waals surface area (Å²) >= 11 is 0. The van der Waals surface area contributed by atoms with Crippen molar-refractivity contribution >= 4 is 17.5 Å². The fourth-order valence-corrected chi connectivity index (χ4v) is 2.02. The maximum Gasteiger partial charge on any atom is 0.255 e. The first-order valence-corrected chi connectivity index (χ1v) is 7.19. The minimum Gasteiger partial charge on any atom is -0.351 e. The van der Waals surface area contributed by atoms with E-state index in [1.54, 1.807) is 24.3 Å². The fourth-order valence-electron chi connectivity index (χ4n) is 2.02. The predicted molar refractivity (Wildman–Crippen MR) is 87.7 cm³/mol. The van der Waals surface area contributed by atoms with Gasteiger partial charge in [-0.25, -0.2) is 0 Å².